The lowest BCUT2D eigenvalue weighted by Gasteiger charge is -2.33. The van der Waals surface area contributed by atoms with E-state index in [2.05, 4.69) is 4.98 Å². The van der Waals surface area contributed by atoms with Crippen molar-refractivity contribution in [2.24, 2.45) is 0 Å². The van der Waals surface area contributed by atoms with E-state index >= 15 is 0 Å². The van der Waals surface area contributed by atoms with Gasteiger partial charge in [0.05, 0.1) is 11.9 Å². The first-order valence-corrected chi connectivity index (χ1v) is 11.0. The Morgan fingerprint density at radius 3 is 2.30 bits per heavy atom. The van der Waals surface area contributed by atoms with Crippen molar-refractivity contribution >= 4 is 23.5 Å². The number of hydrogen-bond acceptors (Lipinski definition) is 4. The highest BCUT2D eigenvalue weighted by Gasteiger charge is 2.58. The predicted molar refractivity (Wildman–Crippen MR) is 124 cm³/mol. The SMILES string of the molecule is O=C(c1ccccc1)N1CCN2C(=O)N(c3cccnc3)C(=O)C2(Cc2ccccc2)CC1. The molecule has 2 aliphatic rings. The van der Waals surface area contributed by atoms with Crippen LogP contribution in [0.1, 0.15) is 22.3 Å². The molecule has 3 heterocycles. The molecule has 1 aromatic heterocycles. The summed E-state index contributed by atoms with van der Waals surface area (Å²) in [5.41, 5.74) is 0.982. The summed E-state index contributed by atoms with van der Waals surface area (Å²) in [6.07, 6.45) is 3.90. The maximum atomic E-state index is 13.9. The molecule has 3 aromatic rings. The summed E-state index contributed by atoms with van der Waals surface area (Å²) in [5, 5.41) is 0. The smallest absolute Gasteiger partial charge is 0.332 e. The maximum Gasteiger partial charge on any atom is 0.332 e. The molecule has 2 aromatic carbocycles. The van der Waals surface area contributed by atoms with Crippen LogP contribution in [0.4, 0.5) is 10.5 Å². The number of nitrogens with zero attached hydrogens (tertiary/aromatic N) is 4. The molecular weight excluding hydrogens is 416 g/mol. The fourth-order valence-electron chi connectivity index (χ4n) is 4.79. The number of carbonyl (C=O) groups excluding carboxylic acids is 3. The first-order valence-electron chi connectivity index (χ1n) is 11.0. The van der Waals surface area contributed by atoms with E-state index in [1.807, 2.05) is 48.5 Å². The summed E-state index contributed by atoms with van der Waals surface area (Å²) in [7, 11) is 0. The topological polar surface area (TPSA) is 73.8 Å². The number of aromatic nitrogens is 1. The van der Waals surface area contributed by atoms with Gasteiger partial charge in [-0.25, -0.2) is 9.69 Å². The molecule has 33 heavy (non-hydrogen) atoms. The van der Waals surface area contributed by atoms with Gasteiger partial charge in [-0.2, -0.15) is 0 Å². The van der Waals surface area contributed by atoms with Gasteiger partial charge in [0.15, 0.2) is 0 Å². The number of carbonyl (C=O) groups is 3. The Kier molecular flexibility index (Phi) is 5.38. The third kappa shape index (κ3) is 3.65. The lowest BCUT2D eigenvalue weighted by Crippen LogP contribution is -2.51. The predicted octanol–water partition coefficient (Wildman–Crippen LogP) is 3.38. The van der Waals surface area contributed by atoms with Crippen LogP contribution in [0.25, 0.3) is 0 Å². The Balaban J connectivity index is 1.50. The van der Waals surface area contributed by atoms with Gasteiger partial charge in [-0.15, -0.1) is 0 Å². The van der Waals surface area contributed by atoms with Crippen LogP contribution in [-0.4, -0.2) is 57.8 Å². The second-order valence-electron chi connectivity index (χ2n) is 8.39. The molecular formula is C26H24N4O3. The average molecular weight is 441 g/mol. The van der Waals surface area contributed by atoms with Crippen molar-refractivity contribution in [3.05, 3.63) is 96.3 Å². The standard InChI is InChI=1S/C26H24N4O3/c31-23(21-10-5-2-6-11-21)28-15-13-26(18-20-8-3-1-4-9-20)24(32)30(22-12-7-14-27-19-22)25(33)29(26)17-16-28/h1-12,14,19H,13,15-18H2. The molecule has 0 bridgehead atoms. The molecule has 166 valence electrons. The number of anilines is 1. The quantitative estimate of drug-likeness (QED) is 0.583. The summed E-state index contributed by atoms with van der Waals surface area (Å²) in [6.45, 7) is 1.04. The fourth-order valence-corrected chi connectivity index (χ4v) is 4.79. The highest BCUT2D eigenvalue weighted by molar-refractivity contribution is 6.23. The number of pyridine rings is 1. The van der Waals surface area contributed by atoms with Gasteiger partial charge in [0.2, 0.25) is 0 Å². The molecule has 2 fully saturated rings. The van der Waals surface area contributed by atoms with Gasteiger partial charge in [-0.3, -0.25) is 14.6 Å². The first-order chi connectivity index (χ1) is 16.1. The van der Waals surface area contributed by atoms with Gasteiger partial charge in [-0.1, -0.05) is 48.5 Å². The molecule has 0 aliphatic carbocycles. The number of hydrogen-bond donors (Lipinski definition) is 0. The van der Waals surface area contributed by atoms with Gasteiger partial charge < -0.3 is 9.80 Å². The molecule has 1 unspecified atom stereocenters. The normalized spacial score (nSPS) is 20.5. The third-order valence-corrected chi connectivity index (χ3v) is 6.48. The highest BCUT2D eigenvalue weighted by atomic mass is 16.2. The van der Waals surface area contributed by atoms with Crippen LogP contribution in [0, 0.1) is 0 Å². The maximum absolute atomic E-state index is 13.9. The van der Waals surface area contributed by atoms with Crippen LogP contribution >= 0.6 is 0 Å². The Morgan fingerprint density at radius 1 is 0.879 bits per heavy atom. The molecule has 2 saturated heterocycles. The number of urea groups is 1. The van der Waals surface area contributed by atoms with Crippen molar-refractivity contribution in [1.29, 1.82) is 0 Å². The van der Waals surface area contributed by atoms with Gasteiger partial charge in [0.1, 0.15) is 5.54 Å². The second-order valence-corrected chi connectivity index (χ2v) is 8.39. The molecule has 0 N–H and O–H groups in total. The van der Waals surface area contributed by atoms with E-state index in [0.717, 1.165) is 5.56 Å². The van der Waals surface area contributed by atoms with E-state index in [-0.39, 0.29) is 24.4 Å². The number of benzene rings is 2. The minimum Gasteiger partial charge on any atom is -0.337 e. The van der Waals surface area contributed by atoms with E-state index in [1.165, 1.54) is 11.1 Å². The molecule has 0 radical (unpaired) electrons. The van der Waals surface area contributed by atoms with Crippen LogP contribution in [0.3, 0.4) is 0 Å². The summed E-state index contributed by atoms with van der Waals surface area (Å²) < 4.78 is 0. The van der Waals surface area contributed by atoms with Crippen LogP contribution in [0.15, 0.2) is 85.2 Å². The third-order valence-electron chi connectivity index (χ3n) is 6.48. The lowest BCUT2D eigenvalue weighted by molar-refractivity contribution is -0.125. The van der Waals surface area contributed by atoms with E-state index in [4.69, 9.17) is 0 Å². The van der Waals surface area contributed by atoms with Gasteiger partial charge in [-0.05, 0) is 36.2 Å². The van der Waals surface area contributed by atoms with Crippen molar-refractivity contribution in [2.45, 2.75) is 18.4 Å². The molecule has 0 saturated carbocycles. The largest absolute Gasteiger partial charge is 0.337 e. The Labute approximate surface area is 192 Å². The average Bonchev–Trinajstić information content (AvgIpc) is 2.97. The monoisotopic (exact) mass is 440 g/mol. The van der Waals surface area contributed by atoms with Crippen molar-refractivity contribution in [1.82, 2.24) is 14.8 Å². The van der Waals surface area contributed by atoms with E-state index < -0.39 is 5.54 Å². The summed E-state index contributed by atoms with van der Waals surface area (Å²) in [5.74, 6) is -0.353. The number of amides is 4. The molecule has 7 nitrogen and oxygen atoms in total. The summed E-state index contributed by atoms with van der Waals surface area (Å²) in [6, 6.07) is 21.9. The van der Waals surface area contributed by atoms with Crippen molar-refractivity contribution < 1.29 is 14.4 Å². The Bertz CT molecular complexity index is 1170. The fraction of sp³-hybridized carbons (Fsp3) is 0.231. The zero-order valence-electron chi connectivity index (χ0n) is 18.1. The van der Waals surface area contributed by atoms with Gasteiger partial charge >= 0.3 is 6.03 Å². The van der Waals surface area contributed by atoms with E-state index in [1.54, 1.807) is 40.3 Å². The Hall–Kier alpha value is -4.00. The zero-order chi connectivity index (χ0) is 22.8. The minimum absolute atomic E-state index is 0.0874. The molecule has 5 rings (SSSR count). The van der Waals surface area contributed by atoms with Crippen LogP contribution in [0.2, 0.25) is 0 Å². The minimum atomic E-state index is -1.06. The van der Waals surface area contributed by atoms with Crippen LogP contribution in [-0.2, 0) is 11.2 Å². The highest BCUT2D eigenvalue weighted by Crippen LogP contribution is 2.38. The molecule has 0 spiro atoms. The number of imide groups is 1. The molecule has 7 heteroatoms. The molecule has 2 aliphatic heterocycles. The summed E-state index contributed by atoms with van der Waals surface area (Å²) in [4.78, 5) is 49.3. The number of fused-ring (bicyclic) bond motifs is 1. The van der Waals surface area contributed by atoms with Crippen molar-refractivity contribution in [3.8, 4) is 0 Å². The zero-order valence-corrected chi connectivity index (χ0v) is 18.1. The first kappa shape index (κ1) is 20.9. The van der Waals surface area contributed by atoms with Crippen LogP contribution < -0.4 is 4.90 Å². The van der Waals surface area contributed by atoms with Gasteiger partial charge in [0.25, 0.3) is 11.8 Å². The molecule has 1 atom stereocenters. The van der Waals surface area contributed by atoms with Crippen molar-refractivity contribution in [3.63, 3.8) is 0 Å². The molecule has 4 amide bonds. The van der Waals surface area contributed by atoms with E-state index in [0.29, 0.717) is 37.2 Å². The summed E-state index contributed by atoms with van der Waals surface area (Å²) >= 11 is 0. The van der Waals surface area contributed by atoms with Crippen molar-refractivity contribution in [2.75, 3.05) is 24.5 Å². The van der Waals surface area contributed by atoms with Gasteiger partial charge in [0, 0.05) is 37.8 Å². The lowest BCUT2D eigenvalue weighted by atomic mass is 9.86. The second kappa shape index (κ2) is 8.50. The van der Waals surface area contributed by atoms with E-state index in [9.17, 15) is 14.4 Å². The van der Waals surface area contributed by atoms with Crippen LogP contribution in [0.5, 0.6) is 0 Å². The Morgan fingerprint density at radius 2 is 1.61 bits per heavy atom. The number of rotatable bonds is 4.